The van der Waals surface area contributed by atoms with E-state index >= 15 is 0 Å². The van der Waals surface area contributed by atoms with E-state index in [1.165, 1.54) is 12.1 Å². The molecule has 1 heterocycles. The fourth-order valence-electron chi connectivity index (χ4n) is 1.65. The van der Waals surface area contributed by atoms with E-state index in [0.29, 0.717) is 3.57 Å². The lowest BCUT2D eigenvalue weighted by atomic mass is 10.0. The molecule has 0 saturated heterocycles. The Bertz CT molecular complexity index is 583. The van der Waals surface area contributed by atoms with E-state index in [-0.39, 0.29) is 16.3 Å². The van der Waals surface area contributed by atoms with Crippen molar-refractivity contribution in [1.29, 1.82) is 0 Å². The molecule has 2 rings (SSSR count). The molecule has 3 nitrogen and oxygen atoms in total. The molecule has 0 saturated carbocycles. The lowest BCUT2D eigenvalue weighted by molar-refractivity contribution is -0.187. The molecule has 1 atom stereocenters. The highest BCUT2D eigenvalue weighted by Crippen LogP contribution is 2.41. The Morgan fingerprint density at radius 2 is 2.05 bits per heavy atom. The van der Waals surface area contributed by atoms with Crippen LogP contribution in [0.15, 0.2) is 17.7 Å². The lowest BCUT2D eigenvalue weighted by Crippen LogP contribution is -2.40. The van der Waals surface area contributed by atoms with Crippen LogP contribution < -0.4 is 4.74 Å². The van der Waals surface area contributed by atoms with Gasteiger partial charge in [0, 0.05) is 9.13 Å². The van der Waals surface area contributed by atoms with Crippen molar-refractivity contribution in [3.05, 3.63) is 31.9 Å². The first kappa shape index (κ1) is 14.4. The van der Waals surface area contributed by atoms with E-state index in [0.717, 1.165) is 6.08 Å². The second-order valence-electron chi connectivity index (χ2n) is 3.75. The molecule has 0 amide bonds. The van der Waals surface area contributed by atoms with Crippen LogP contribution in [0.5, 0.6) is 5.75 Å². The number of aliphatic carboxylic acids is 1. The summed E-state index contributed by atoms with van der Waals surface area (Å²) in [7, 11) is 0. The Kier molecular flexibility index (Phi) is 3.69. The summed E-state index contributed by atoms with van der Waals surface area (Å²) in [5.74, 6) is -1.84. The second kappa shape index (κ2) is 4.86. The minimum absolute atomic E-state index is 0.0110. The molecule has 0 radical (unpaired) electrons. The van der Waals surface area contributed by atoms with Crippen LogP contribution in [-0.2, 0) is 4.79 Å². The zero-order valence-electron chi connectivity index (χ0n) is 8.96. The molecule has 1 aliphatic heterocycles. The Morgan fingerprint density at radius 1 is 1.42 bits per heavy atom. The van der Waals surface area contributed by atoms with Crippen LogP contribution in [0, 0.1) is 3.57 Å². The van der Waals surface area contributed by atoms with Gasteiger partial charge in [0.2, 0.25) is 6.10 Å². The van der Waals surface area contributed by atoms with Gasteiger partial charge in [-0.2, -0.15) is 13.2 Å². The molecular formula is C11H5ClF3IO3. The number of carboxylic acids is 1. The molecule has 0 bridgehead atoms. The third-order valence-corrected chi connectivity index (χ3v) is 3.31. The summed E-state index contributed by atoms with van der Waals surface area (Å²) in [6.45, 7) is 0. The van der Waals surface area contributed by atoms with Gasteiger partial charge in [-0.1, -0.05) is 11.6 Å². The number of rotatable bonds is 1. The summed E-state index contributed by atoms with van der Waals surface area (Å²) < 4.78 is 43.8. The summed E-state index contributed by atoms with van der Waals surface area (Å²) in [5, 5.41) is 8.86. The molecule has 0 aromatic heterocycles. The van der Waals surface area contributed by atoms with Gasteiger partial charge in [0.05, 0.1) is 10.6 Å². The van der Waals surface area contributed by atoms with Gasteiger partial charge in [0.25, 0.3) is 0 Å². The van der Waals surface area contributed by atoms with Gasteiger partial charge in [-0.05, 0) is 40.8 Å². The molecule has 102 valence electrons. The first-order chi connectivity index (χ1) is 8.70. The molecule has 0 spiro atoms. The predicted molar refractivity (Wildman–Crippen MR) is 70.3 cm³/mol. The fraction of sp³-hybridized carbons (Fsp3) is 0.182. The van der Waals surface area contributed by atoms with Crippen LogP contribution in [0.2, 0.25) is 5.02 Å². The van der Waals surface area contributed by atoms with Gasteiger partial charge in [0.1, 0.15) is 5.75 Å². The Morgan fingerprint density at radius 3 is 2.58 bits per heavy atom. The molecule has 1 aromatic carbocycles. The molecule has 0 fully saturated rings. The van der Waals surface area contributed by atoms with Crippen molar-refractivity contribution >= 4 is 46.2 Å². The molecular weight excluding hydrogens is 399 g/mol. The normalized spacial score (nSPS) is 18.4. The molecule has 1 N–H and O–H groups in total. The highest BCUT2D eigenvalue weighted by molar-refractivity contribution is 14.1. The third kappa shape index (κ3) is 2.81. The van der Waals surface area contributed by atoms with Crippen LogP contribution in [0.3, 0.4) is 0 Å². The molecule has 1 unspecified atom stereocenters. The SMILES string of the molecule is O=C(O)C1=Cc2cc(I)cc(Cl)c2OC1C(F)(F)F. The van der Waals surface area contributed by atoms with E-state index < -0.39 is 23.8 Å². The molecule has 0 aliphatic carbocycles. The van der Waals surface area contributed by atoms with Crippen molar-refractivity contribution in [3.63, 3.8) is 0 Å². The van der Waals surface area contributed by atoms with Crippen molar-refractivity contribution in [3.8, 4) is 5.75 Å². The largest absolute Gasteiger partial charge is 0.478 e. The molecule has 1 aromatic rings. The van der Waals surface area contributed by atoms with Crippen LogP contribution in [0.25, 0.3) is 6.08 Å². The van der Waals surface area contributed by atoms with Crippen LogP contribution in [0.4, 0.5) is 13.2 Å². The maximum absolute atomic E-state index is 12.8. The van der Waals surface area contributed by atoms with E-state index in [1.807, 2.05) is 22.6 Å². The third-order valence-electron chi connectivity index (χ3n) is 2.41. The molecule has 8 heteroatoms. The highest BCUT2D eigenvalue weighted by Gasteiger charge is 2.48. The number of carboxylic acid groups (broad SMARTS) is 1. The number of fused-ring (bicyclic) bond motifs is 1. The van der Waals surface area contributed by atoms with Gasteiger partial charge in [-0.25, -0.2) is 4.79 Å². The zero-order chi connectivity index (χ0) is 14.4. The molecule has 1 aliphatic rings. The summed E-state index contributed by atoms with van der Waals surface area (Å²) in [6.07, 6.45) is -6.41. The molecule has 19 heavy (non-hydrogen) atoms. The van der Waals surface area contributed by atoms with Crippen LogP contribution in [-0.4, -0.2) is 23.4 Å². The van der Waals surface area contributed by atoms with Gasteiger partial charge < -0.3 is 9.84 Å². The highest BCUT2D eigenvalue weighted by atomic mass is 127. The Labute approximate surface area is 124 Å². The zero-order valence-corrected chi connectivity index (χ0v) is 11.9. The van der Waals surface area contributed by atoms with Crippen LogP contribution >= 0.6 is 34.2 Å². The minimum atomic E-state index is -4.83. The first-order valence-corrected chi connectivity index (χ1v) is 6.33. The van der Waals surface area contributed by atoms with Gasteiger partial charge in [-0.3, -0.25) is 0 Å². The lowest BCUT2D eigenvalue weighted by Gasteiger charge is -2.27. The number of carbonyl (C=O) groups is 1. The maximum Gasteiger partial charge on any atom is 0.430 e. The topological polar surface area (TPSA) is 46.5 Å². The standard InChI is InChI=1S/C11H5ClF3IO3/c12-7-3-5(16)1-4-2-6(10(17)18)9(11(13,14)15)19-8(4)7/h1-3,9H,(H,17,18). The number of hydrogen-bond donors (Lipinski definition) is 1. The van der Waals surface area contributed by atoms with Gasteiger partial charge >= 0.3 is 12.1 Å². The van der Waals surface area contributed by atoms with E-state index in [9.17, 15) is 18.0 Å². The van der Waals surface area contributed by atoms with Crippen molar-refractivity contribution in [2.45, 2.75) is 12.3 Å². The van der Waals surface area contributed by atoms with E-state index in [4.69, 9.17) is 21.4 Å². The summed E-state index contributed by atoms with van der Waals surface area (Å²) in [4.78, 5) is 10.9. The van der Waals surface area contributed by atoms with Crippen molar-refractivity contribution < 1.29 is 27.8 Å². The van der Waals surface area contributed by atoms with Crippen molar-refractivity contribution in [1.82, 2.24) is 0 Å². The predicted octanol–water partition coefficient (Wildman–Crippen LogP) is 3.74. The first-order valence-electron chi connectivity index (χ1n) is 4.87. The van der Waals surface area contributed by atoms with Crippen molar-refractivity contribution in [2.75, 3.05) is 0 Å². The van der Waals surface area contributed by atoms with Crippen molar-refractivity contribution in [2.24, 2.45) is 0 Å². The quantitative estimate of drug-likeness (QED) is 0.726. The average molecular weight is 405 g/mol. The van der Waals surface area contributed by atoms with Gasteiger partial charge in [-0.15, -0.1) is 0 Å². The number of ether oxygens (including phenoxy) is 1. The van der Waals surface area contributed by atoms with E-state index in [1.54, 1.807) is 0 Å². The Hall–Kier alpha value is -0.960. The fourth-order valence-corrected chi connectivity index (χ4v) is 2.76. The summed E-state index contributed by atoms with van der Waals surface area (Å²) in [5.41, 5.74) is -0.645. The monoisotopic (exact) mass is 404 g/mol. The van der Waals surface area contributed by atoms with Crippen LogP contribution in [0.1, 0.15) is 5.56 Å². The maximum atomic E-state index is 12.8. The van der Waals surface area contributed by atoms with E-state index in [2.05, 4.69) is 0 Å². The number of halogens is 5. The smallest absolute Gasteiger partial charge is 0.430 e. The number of hydrogen-bond acceptors (Lipinski definition) is 2. The number of benzene rings is 1. The minimum Gasteiger partial charge on any atom is -0.478 e. The number of alkyl halides is 3. The summed E-state index contributed by atoms with van der Waals surface area (Å²) in [6, 6.07) is 2.94. The summed E-state index contributed by atoms with van der Waals surface area (Å²) >= 11 is 7.73. The second-order valence-corrected chi connectivity index (χ2v) is 5.40. The van der Waals surface area contributed by atoms with Gasteiger partial charge in [0.15, 0.2) is 0 Å². The average Bonchev–Trinajstić information content (AvgIpc) is 2.25. The Balaban J connectivity index is 2.61.